The van der Waals surface area contributed by atoms with Gasteiger partial charge in [0.2, 0.25) is 0 Å². The lowest BCUT2D eigenvalue weighted by Crippen LogP contribution is -2.55. The molecule has 2 aliphatic rings. The van der Waals surface area contributed by atoms with Crippen molar-refractivity contribution in [3.05, 3.63) is 24.3 Å². The molecule has 17 heteroatoms. The fourth-order valence-electron chi connectivity index (χ4n) is 8.13. The first-order valence-corrected chi connectivity index (χ1v) is 25.7. The number of Topliss-reactive ketones (excluding diaryl/α,β-unsaturated/α-hetero) is 1. The first-order chi connectivity index (χ1) is 30.6. The predicted molar refractivity (Wildman–Crippen MR) is 241 cm³/mol. The Morgan fingerprint density at radius 3 is 2.02 bits per heavy atom. The second-order valence-corrected chi connectivity index (χ2v) is 19.1. The van der Waals surface area contributed by atoms with E-state index in [1.807, 2.05) is 6.92 Å². The molecular formula is C47H83O16P. The van der Waals surface area contributed by atoms with Crippen LogP contribution in [0.3, 0.4) is 0 Å². The highest BCUT2D eigenvalue weighted by atomic mass is 31.2. The number of fused-ring (bicyclic) bond motifs is 4. The first-order valence-electron chi connectivity index (χ1n) is 24.2. The second-order valence-electron chi connectivity index (χ2n) is 17.7. The quantitative estimate of drug-likeness (QED) is 0.0260. The van der Waals surface area contributed by atoms with Crippen LogP contribution in [0, 0.1) is 11.8 Å². The number of aliphatic hydroxyl groups is 7. The number of rotatable bonds is 22. The van der Waals surface area contributed by atoms with Crippen molar-refractivity contribution in [2.75, 3.05) is 13.2 Å². The van der Waals surface area contributed by atoms with Crippen LogP contribution in [0.15, 0.2) is 24.3 Å². The number of phosphoric ester groups is 1. The summed E-state index contributed by atoms with van der Waals surface area (Å²) in [6.45, 7) is 2.81. The predicted octanol–water partition coefficient (Wildman–Crippen LogP) is 6.20. The molecule has 16 nitrogen and oxygen atoms in total. The molecule has 1 unspecified atom stereocenters. The SMILES string of the molecule is CCCCCCCC/C=C\CCCCCCCC(=O)O[C@@H]1COC(=O)CCCCCC[C@H]2C(=O)C[C@@H](O)[C@H](/C=C/[C@@H](O)CCCCC)[C@@H](O)[C@@H](O)[C@@H](OP(=O)(O)OC1)[C@H](O)[C@@H](O)[C@@H]2O. The number of carbonyl (C=O) groups is 3. The van der Waals surface area contributed by atoms with Gasteiger partial charge in [-0.15, -0.1) is 0 Å². The summed E-state index contributed by atoms with van der Waals surface area (Å²) in [4.78, 5) is 50.1. The Bertz CT molecular complexity index is 1390. The van der Waals surface area contributed by atoms with Crippen LogP contribution in [0.25, 0.3) is 0 Å². The molecular weight excluding hydrogens is 851 g/mol. The number of carbonyl (C=O) groups excluding carboxylic acids is 3. The van der Waals surface area contributed by atoms with Crippen molar-refractivity contribution in [2.45, 2.75) is 229 Å². The average Bonchev–Trinajstić information content (AvgIpc) is 3.26. The summed E-state index contributed by atoms with van der Waals surface area (Å²) in [5.41, 5.74) is 0. The first kappa shape index (κ1) is 58.0. The topological polar surface area (TPSA) is 267 Å². The molecule has 1 aliphatic carbocycles. The number of phosphoric acid groups is 1. The maximum atomic E-state index is 13.6. The third-order valence-electron chi connectivity index (χ3n) is 12.2. The third kappa shape index (κ3) is 23.6. The Morgan fingerprint density at radius 2 is 1.34 bits per heavy atom. The molecule has 2 rings (SSSR count). The minimum Gasteiger partial charge on any atom is -0.462 e. The molecule has 1 heterocycles. The van der Waals surface area contributed by atoms with Gasteiger partial charge in [-0.2, -0.15) is 0 Å². The van der Waals surface area contributed by atoms with Gasteiger partial charge in [-0.25, -0.2) is 4.57 Å². The Morgan fingerprint density at radius 1 is 0.750 bits per heavy atom. The van der Waals surface area contributed by atoms with Gasteiger partial charge in [-0.05, 0) is 51.4 Å². The number of ether oxygens (including phenoxy) is 2. The van der Waals surface area contributed by atoms with Crippen molar-refractivity contribution in [3.63, 3.8) is 0 Å². The van der Waals surface area contributed by atoms with E-state index in [-0.39, 0.29) is 19.3 Å². The summed E-state index contributed by atoms with van der Waals surface area (Å²) in [5, 5.41) is 78.7. The molecule has 8 N–H and O–H groups in total. The number of hydrogen-bond donors (Lipinski definition) is 8. The van der Waals surface area contributed by atoms with Crippen molar-refractivity contribution in [3.8, 4) is 0 Å². The van der Waals surface area contributed by atoms with Gasteiger partial charge in [0.05, 0.1) is 31.0 Å². The third-order valence-corrected chi connectivity index (χ3v) is 13.1. The zero-order valence-corrected chi connectivity index (χ0v) is 39.4. The van der Waals surface area contributed by atoms with E-state index in [1.54, 1.807) is 0 Å². The number of esters is 2. The summed E-state index contributed by atoms with van der Waals surface area (Å²) >= 11 is 0. The lowest BCUT2D eigenvalue weighted by molar-refractivity contribution is -0.166. The number of unbranched alkanes of at least 4 members (excludes halogenated alkanes) is 13. The monoisotopic (exact) mass is 935 g/mol. The highest BCUT2D eigenvalue weighted by Gasteiger charge is 2.49. The van der Waals surface area contributed by atoms with Gasteiger partial charge < -0.3 is 50.1 Å². The van der Waals surface area contributed by atoms with Gasteiger partial charge in [-0.3, -0.25) is 23.4 Å². The minimum atomic E-state index is -5.45. The van der Waals surface area contributed by atoms with Gasteiger partial charge in [0, 0.05) is 31.1 Å². The van der Waals surface area contributed by atoms with Crippen molar-refractivity contribution in [1.29, 1.82) is 0 Å². The van der Waals surface area contributed by atoms with Crippen LogP contribution in [0.1, 0.15) is 174 Å². The molecule has 1 saturated heterocycles. The molecule has 0 spiro atoms. The van der Waals surface area contributed by atoms with E-state index in [2.05, 4.69) is 19.1 Å². The second kappa shape index (κ2) is 33.4. The Kier molecular flexibility index (Phi) is 30.3. The summed E-state index contributed by atoms with van der Waals surface area (Å²) < 4.78 is 34.7. The van der Waals surface area contributed by atoms with Crippen molar-refractivity contribution in [2.24, 2.45) is 11.8 Å². The fraction of sp³-hybridized carbons (Fsp3) is 0.851. The van der Waals surface area contributed by atoms with Gasteiger partial charge in [0.25, 0.3) is 0 Å². The van der Waals surface area contributed by atoms with Gasteiger partial charge in [0.1, 0.15) is 36.8 Å². The van der Waals surface area contributed by atoms with Crippen LogP contribution < -0.4 is 0 Å². The number of allylic oxidation sites excluding steroid dienone is 2. The average molecular weight is 935 g/mol. The molecule has 0 aromatic carbocycles. The zero-order valence-electron chi connectivity index (χ0n) is 38.5. The van der Waals surface area contributed by atoms with Gasteiger partial charge in [-0.1, -0.05) is 128 Å². The summed E-state index contributed by atoms with van der Waals surface area (Å²) in [5.74, 6) is -4.90. The summed E-state index contributed by atoms with van der Waals surface area (Å²) in [7, 11) is -5.45. The van der Waals surface area contributed by atoms with E-state index < -0.39 is 112 Å². The molecule has 12 atom stereocenters. The Labute approximate surface area is 381 Å². The molecule has 64 heavy (non-hydrogen) atoms. The van der Waals surface area contributed by atoms with Crippen LogP contribution >= 0.6 is 7.82 Å². The highest BCUT2D eigenvalue weighted by molar-refractivity contribution is 7.47. The molecule has 0 amide bonds. The maximum absolute atomic E-state index is 13.6. The lowest BCUT2D eigenvalue weighted by Gasteiger charge is -2.36. The van der Waals surface area contributed by atoms with Crippen LogP contribution in [0.4, 0.5) is 0 Å². The van der Waals surface area contributed by atoms with Crippen molar-refractivity contribution >= 4 is 25.5 Å². The van der Waals surface area contributed by atoms with E-state index in [4.69, 9.17) is 18.5 Å². The van der Waals surface area contributed by atoms with Gasteiger partial charge >= 0.3 is 19.8 Å². The molecule has 0 radical (unpaired) electrons. The molecule has 1 aliphatic heterocycles. The smallest absolute Gasteiger partial charge is 0.462 e. The molecule has 0 aromatic rings. The Balaban J connectivity index is 2.19. The summed E-state index contributed by atoms with van der Waals surface area (Å²) in [6.07, 6.45) is 7.03. The number of hydrogen-bond acceptors (Lipinski definition) is 15. The summed E-state index contributed by atoms with van der Waals surface area (Å²) in [6, 6.07) is 0. The van der Waals surface area contributed by atoms with E-state index in [0.717, 1.165) is 51.4 Å². The van der Waals surface area contributed by atoms with Crippen LogP contribution in [-0.2, 0) is 37.5 Å². The highest BCUT2D eigenvalue weighted by Crippen LogP contribution is 2.47. The van der Waals surface area contributed by atoms with E-state index in [0.29, 0.717) is 44.9 Å². The van der Waals surface area contributed by atoms with E-state index in [9.17, 15) is 59.6 Å². The van der Waals surface area contributed by atoms with E-state index >= 15 is 0 Å². The van der Waals surface area contributed by atoms with Crippen molar-refractivity contribution in [1.82, 2.24) is 0 Å². The minimum absolute atomic E-state index is 0.00969. The van der Waals surface area contributed by atoms with Crippen LogP contribution in [0.2, 0.25) is 0 Å². The molecule has 372 valence electrons. The molecule has 0 aromatic heterocycles. The Hall–Kier alpha value is -2.08. The molecule has 2 fully saturated rings. The standard InChI is InChI=1S/C47H83O16P/c1-3-5-7-8-9-10-11-12-13-14-15-16-17-18-24-28-41(52)62-35-32-60-40(51)27-23-20-19-22-26-36-38(49)31-39(50)37(30-29-34(48)25-21-6-4-2)43(54)45(56)47(46(57)44(55)42(36)53)63-64(58,59)61-33-35/h12-13,29-30,34-37,39,42-48,50,53-57H,3-11,14-28,31-33H2,1-2H3,(H,58,59)/b13-12-,30-29+/t34-,35+,36-,37-,39+,42+,43+,44-,45+,46+,47+/m0/s1. The zero-order chi connectivity index (χ0) is 47.3. The molecule has 2 bridgehead atoms. The van der Waals surface area contributed by atoms with E-state index in [1.165, 1.54) is 50.7 Å². The van der Waals surface area contributed by atoms with Crippen LogP contribution in [-0.4, -0.2) is 127 Å². The van der Waals surface area contributed by atoms with Crippen molar-refractivity contribution < 1.29 is 78.1 Å². The fourth-order valence-corrected chi connectivity index (χ4v) is 9.11. The van der Waals surface area contributed by atoms with Crippen LogP contribution in [0.5, 0.6) is 0 Å². The normalized spacial score (nSPS) is 31.6. The maximum Gasteiger partial charge on any atom is 0.472 e. The number of aliphatic hydroxyl groups excluding tert-OH is 7. The molecule has 1 saturated carbocycles. The number of cyclic esters (lactones) is 1. The van der Waals surface area contributed by atoms with Gasteiger partial charge in [0.15, 0.2) is 6.10 Å². The largest absolute Gasteiger partial charge is 0.472 e. The number of ketones is 1. The lowest BCUT2D eigenvalue weighted by atomic mass is 9.83.